The van der Waals surface area contributed by atoms with Gasteiger partial charge in [0.1, 0.15) is 0 Å². The normalized spacial score (nSPS) is 11.1. The van der Waals surface area contributed by atoms with Crippen LogP contribution in [0, 0.1) is 0 Å². The van der Waals surface area contributed by atoms with Crippen LogP contribution in [0.1, 0.15) is 25.6 Å². The molecular formula is C13H16ClN3S. The highest BCUT2D eigenvalue weighted by molar-refractivity contribution is 7.98. The molecule has 3 nitrogen and oxygen atoms in total. The molecule has 0 aliphatic carbocycles. The molecule has 0 unspecified atom stereocenters. The number of hydrogen-bond acceptors (Lipinski definition) is 3. The zero-order chi connectivity index (χ0) is 13.1. The summed E-state index contributed by atoms with van der Waals surface area (Å²) in [5, 5.41) is 0.712. The molecule has 1 aromatic carbocycles. The smallest absolute Gasteiger partial charge is 0.0950 e. The van der Waals surface area contributed by atoms with Crippen LogP contribution >= 0.6 is 23.4 Å². The zero-order valence-corrected chi connectivity index (χ0v) is 12.0. The lowest BCUT2D eigenvalue weighted by molar-refractivity contribution is 0.584. The van der Waals surface area contributed by atoms with Gasteiger partial charge in [0, 0.05) is 39.3 Å². The largest absolute Gasteiger partial charge is 0.398 e. The number of nitrogen functional groups attached to an aromatic ring is 1. The van der Waals surface area contributed by atoms with Crippen LogP contribution in [0.2, 0.25) is 5.02 Å². The second kappa shape index (κ2) is 5.67. The van der Waals surface area contributed by atoms with E-state index in [1.807, 2.05) is 24.7 Å². The van der Waals surface area contributed by atoms with E-state index in [1.165, 1.54) is 5.69 Å². The summed E-state index contributed by atoms with van der Waals surface area (Å²) in [6.07, 6.45) is 3.76. The van der Waals surface area contributed by atoms with E-state index in [4.69, 9.17) is 17.3 Å². The predicted molar refractivity (Wildman–Crippen MR) is 78.0 cm³/mol. The van der Waals surface area contributed by atoms with Gasteiger partial charge in [0.15, 0.2) is 0 Å². The summed E-state index contributed by atoms with van der Waals surface area (Å²) in [6, 6.07) is 5.96. The van der Waals surface area contributed by atoms with Gasteiger partial charge in [0.05, 0.1) is 6.33 Å². The number of nitrogens with zero attached hydrogens (tertiary/aromatic N) is 2. The van der Waals surface area contributed by atoms with Gasteiger partial charge in [-0.1, -0.05) is 11.6 Å². The number of benzene rings is 1. The quantitative estimate of drug-likeness (QED) is 0.681. The number of anilines is 1. The van der Waals surface area contributed by atoms with Crippen molar-refractivity contribution < 1.29 is 0 Å². The molecule has 1 aromatic heterocycles. The number of halogens is 1. The Morgan fingerprint density at radius 3 is 2.94 bits per heavy atom. The lowest BCUT2D eigenvalue weighted by Crippen LogP contribution is -2.03. The molecule has 0 atom stereocenters. The molecule has 0 radical (unpaired) electrons. The Balaban J connectivity index is 2.11. The van der Waals surface area contributed by atoms with Crippen LogP contribution in [0.3, 0.4) is 0 Å². The minimum Gasteiger partial charge on any atom is -0.398 e. The molecule has 18 heavy (non-hydrogen) atoms. The highest BCUT2D eigenvalue weighted by atomic mass is 35.5. The fourth-order valence-electron chi connectivity index (χ4n) is 1.69. The van der Waals surface area contributed by atoms with Crippen molar-refractivity contribution in [2.45, 2.75) is 30.5 Å². The Kier molecular flexibility index (Phi) is 4.19. The van der Waals surface area contributed by atoms with Crippen molar-refractivity contribution in [1.29, 1.82) is 0 Å². The lowest BCUT2D eigenvalue weighted by atomic mass is 10.3. The molecule has 0 amide bonds. The molecular weight excluding hydrogens is 266 g/mol. The molecule has 0 saturated carbocycles. The summed E-state index contributed by atoms with van der Waals surface area (Å²) in [4.78, 5) is 5.20. The van der Waals surface area contributed by atoms with Gasteiger partial charge in [-0.2, -0.15) is 0 Å². The first-order valence-corrected chi connectivity index (χ1v) is 7.13. The van der Waals surface area contributed by atoms with Crippen LogP contribution in [0.4, 0.5) is 5.69 Å². The van der Waals surface area contributed by atoms with Crippen molar-refractivity contribution in [2.24, 2.45) is 0 Å². The van der Waals surface area contributed by atoms with Gasteiger partial charge >= 0.3 is 0 Å². The van der Waals surface area contributed by atoms with Crippen LogP contribution in [0.15, 0.2) is 35.6 Å². The third-order valence-corrected chi connectivity index (χ3v) is 3.99. The fraction of sp³-hybridized carbons (Fsp3) is 0.308. The Bertz CT molecular complexity index is 537. The predicted octanol–water partition coefficient (Wildman–Crippen LogP) is 3.99. The van der Waals surface area contributed by atoms with E-state index in [0.29, 0.717) is 11.1 Å². The molecule has 2 aromatic rings. The maximum absolute atomic E-state index is 5.97. The van der Waals surface area contributed by atoms with Crippen molar-refractivity contribution in [3.63, 3.8) is 0 Å². The Morgan fingerprint density at radius 2 is 2.22 bits per heavy atom. The Hall–Kier alpha value is -1.13. The van der Waals surface area contributed by atoms with E-state index in [-0.39, 0.29) is 0 Å². The van der Waals surface area contributed by atoms with Crippen molar-refractivity contribution in [1.82, 2.24) is 9.55 Å². The molecule has 0 aliphatic heterocycles. The van der Waals surface area contributed by atoms with Crippen LogP contribution in [-0.2, 0) is 5.75 Å². The lowest BCUT2D eigenvalue weighted by Gasteiger charge is -2.12. The van der Waals surface area contributed by atoms with Crippen LogP contribution in [0.5, 0.6) is 0 Å². The van der Waals surface area contributed by atoms with Crippen LogP contribution in [0.25, 0.3) is 0 Å². The number of imidazole rings is 1. The molecule has 0 fully saturated rings. The molecule has 0 aliphatic rings. The first kappa shape index (κ1) is 13.3. The molecule has 0 saturated heterocycles. The van der Waals surface area contributed by atoms with Crippen LogP contribution in [-0.4, -0.2) is 9.55 Å². The minimum atomic E-state index is 0.416. The SMILES string of the molecule is CC(C)n1cncc1CSc1cc(Cl)ccc1N. The van der Waals surface area contributed by atoms with Gasteiger partial charge in [-0.05, 0) is 32.0 Å². The van der Waals surface area contributed by atoms with Gasteiger partial charge in [-0.3, -0.25) is 0 Å². The van der Waals surface area contributed by atoms with Gasteiger partial charge in [0.2, 0.25) is 0 Å². The number of hydrogen-bond donors (Lipinski definition) is 1. The van der Waals surface area contributed by atoms with Crippen molar-refractivity contribution in [3.8, 4) is 0 Å². The van der Waals surface area contributed by atoms with E-state index in [2.05, 4.69) is 23.4 Å². The van der Waals surface area contributed by atoms with E-state index >= 15 is 0 Å². The number of nitrogens with two attached hydrogens (primary N) is 1. The highest BCUT2D eigenvalue weighted by Crippen LogP contribution is 2.30. The van der Waals surface area contributed by atoms with Crippen molar-refractivity contribution >= 4 is 29.1 Å². The minimum absolute atomic E-state index is 0.416. The van der Waals surface area contributed by atoms with E-state index in [0.717, 1.165) is 16.3 Å². The van der Waals surface area contributed by atoms with E-state index in [9.17, 15) is 0 Å². The summed E-state index contributed by atoms with van der Waals surface area (Å²) >= 11 is 7.65. The summed E-state index contributed by atoms with van der Waals surface area (Å²) < 4.78 is 2.16. The summed E-state index contributed by atoms with van der Waals surface area (Å²) in [6.45, 7) is 4.28. The second-order valence-electron chi connectivity index (χ2n) is 4.36. The van der Waals surface area contributed by atoms with Crippen molar-refractivity contribution in [3.05, 3.63) is 41.4 Å². The summed E-state index contributed by atoms with van der Waals surface area (Å²) in [5.41, 5.74) is 7.88. The van der Waals surface area contributed by atoms with Crippen molar-refractivity contribution in [2.75, 3.05) is 5.73 Å². The molecule has 5 heteroatoms. The Labute approximate surface area is 116 Å². The highest BCUT2D eigenvalue weighted by Gasteiger charge is 2.07. The topological polar surface area (TPSA) is 43.8 Å². The average Bonchev–Trinajstić information content (AvgIpc) is 2.79. The maximum atomic E-state index is 5.97. The molecule has 1 heterocycles. The van der Waals surface area contributed by atoms with E-state index in [1.54, 1.807) is 17.8 Å². The molecule has 0 bridgehead atoms. The number of thioether (sulfide) groups is 1. The monoisotopic (exact) mass is 281 g/mol. The molecule has 96 valence electrons. The number of aromatic nitrogens is 2. The molecule has 2 N–H and O–H groups in total. The summed E-state index contributed by atoms with van der Waals surface area (Å²) in [7, 11) is 0. The summed E-state index contributed by atoms with van der Waals surface area (Å²) in [5.74, 6) is 0.836. The zero-order valence-electron chi connectivity index (χ0n) is 10.4. The third kappa shape index (κ3) is 3.00. The third-order valence-electron chi connectivity index (χ3n) is 2.65. The van der Waals surface area contributed by atoms with Gasteiger partial charge in [0.25, 0.3) is 0 Å². The van der Waals surface area contributed by atoms with Gasteiger partial charge in [-0.25, -0.2) is 4.98 Å². The second-order valence-corrected chi connectivity index (χ2v) is 5.81. The standard InChI is InChI=1S/C13H16ClN3S/c1-9(2)17-8-16-6-11(17)7-18-13-5-10(14)3-4-12(13)15/h3-6,8-9H,7,15H2,1-2H3. The first-order chi connectivity index (χ1) is 8.58. The number of rotatable bonds is 4. The van der Waals surface area contributed by atoms with Gasteiger partial charge < -0.3 is 10.3 Å². The fourth-order valence-corrected chi connectivity index (χ4v) is 2.90. The van der Waals surface area contributed by atoms with Gasteiger partial charge in [-0.15, -0.1) is 11.8 Å². The average molecular weight is 282 g/mol. The van der Waals surface area contributed by atoms with E-state index < -0.39 is 0 Å². The van der Waals surface area contributed by atoms with Crippen LogP contribution < -0.4 is 5.73 Å². The Morgan fingerprint density at radius 1 is 1.44 bits per heavy atom. The molecule has 2 rings (SSSR count). The molecule has 0 spiro atoms. The maximum Gasteiger partial charge on any atom is 0.0950 e. The first-order valence-electron chi connectivity index (χ1n) is 5.76.